The van der Waals surface area contributed by atoms with Crippen LogP contribution in [0.25, 0.3) is 43.6 Å². The molecule has 0 bridgehead atoms. The van der Waals surface area contributed by atoms with E-state index in [2.05, 4.69) is 0 Å². The van der Waals surface area contributed by atoms with Gasteiger partial charge in [-0.1, -0.05) is 36.4 Å². The fourth-order valence-corrected chi connectivity index (χ4v) is 6.66. The Morgan fingerprint density at radius 2 is 1.29 bits per heavy atom. The summed E-state index contributed by atoms with van der Waals surface area (Å²) in [6, 6.07) is 13.9. The van der Waals surface area contributed by atoms with Gasteiger partial charge < -0.3 is 28.3 Å². The maximum absolute atomic E-state index is 13.4. The van der Waals surface area contributed by atoms with E-state index in [9.17, 15) is 28.8 Å². The number of ether oxygens (including phenoxy) is 5. The topological polar surface area (TPSA) is 158 Å². The standard InChI is InChI=1S/C32H24N2O11/c1-14(36)42-21-12-41-30(29(44-16(3)38)28(21)43-15(2)37)34-20-11-7-5-9-18(20)23-25-24(31(39)45-32(25)40)22-17-8-4-6-10-19(17)33(13-35)26(22)27(23)34/h4-11,13,21,28-30H,12H2,1-3H3/t21-,28-,29-,30-/m1/s1. The molecule has 0 unspecified atom stereocenters. The largest absolute Gasteiger partial charge is 0.456 e. The molecule has 2 aliphatic rings. The molecular formula is C32H24N2O11. The lowest BCUT2D eigenvalue weighted by molar-refractivity contribution is -0.238. The highest BCUT2D eigenvalue weighted by molar-refractivity contribution is 6.37. The van der Waals surface area contributed by atoms with Gasteiger partial charge in [-0.2, -0.15) is 0 Å². The number of hydrogen-bond donors (Lipinski definition) is 0. The number of aromatic nitrogens is 2. The van der Waals surface area contributed by atoms with Crippen LogP contribution in [0.3, 0.4) is 0 Å². The smallest absolute Gasteiger partial charge is 0.347 e. The summed E-state index contributed by atoms with van der Waals surface area (Å²) in [5.41, 5.74) is 1.56. The molecular weight excluding hydrogens is 588 g/mol. The highest BCUT2D eigenvalue weighted by Gasteiger charge is 2.49. The molecule has 0 aliphatic carbocycles. The Hall–Kier alpha value is -5.56. The Bertz CT molecular complexity index is 2160. The molecule has 1 saturated heterocycles. The Kier molecular flexibility index (Phi) is 6.44. The van der Waals surface area contributed by atoms with Crippen molar-refractivity contribution in [1.82, 2.24) is 9.13 Å². The van der Waals surface area contributed by atoms with E-state index in [0.29, 0.717) is 44.5 Å². The normalized spacial score (nSPS) is 21.2. The van der Waals surface area contributed by atoms with Gasteiger partial charge in [0.25, 0.3) is 0 Å². The van der Waals surface area contributed by atoms with Crippen molar-refractivity contribution in [3.63, 3.8) is 0 Å². The molecule has 0 saturated carbocycles. The van der Waals surface area contributed by atoms with E-state index in [1.54, 1.807) is 53.1 Å². The lowest BCUT2D eigenvalue weighted by Crippen LogP contribution is -2.55. The van der Waals surface area contributed by atoms with Crippen molar-refractivity contribution in [3.05, 3.63) is 59.7 Å². The third-order valence-electron chi connectivity index (χ3n) is 8.07. The molecule has 4 heterocycles. The molecule has 3 aromatic carbocycles. The summed E-state index contributed by atoms with van der Waals surface area (Å²) < 4.78 is 31.2. The molecule has 2 aromatic heterocycles. The summed E-state index contributed by atoms with van der Waals surface area (Å²) in [5.74, 6) is -3.84. The van der Waals surface area contributed by atoms with E-state index in [-0.39, 0.29) is 23.3 Å². The molecule has 13 heteroatoms. The lowest BCUT2D eigenvalue weighted by atomic mass is 9.96. The molecule has 45 heavy (non-hydrogen) atoms. The molecule has 7 rings (SSSR count). The van der Waals surface area contributed by atoms with Gasteiger partial charge in [0, 0.05) is 42.3 Å². The van der Waals surface area contributed by atoms with Crippen LogP contribution in [0.1, 0.15) is 47.7 Å². The van der Waals surface area contributed by atoms with Gasteiger partial charge in [-0.3, -0.25) is 23.7 Å². The average molecular weight is 613 g/mol. The van der Waals surface area contributed by atoms with Gasteiger partial charge in [-0.15, -0.1) is 0 Å². The summed E-state index contributed by atoms with van der Waals surface area (Å²) >= 11 is 0. The first kappa shape index (κ1) is 28.2. The summed E-state index contributed by atoms with van der Waals surface area (Å²) in [6.07, 6.45) is -4.42. The van der Waals surface area contributed by atoms with Crippen LogP contribution < -0.4 is 0 Å². The predicted octanol–water partition coefficient (Wildman–Crippen LogP) is 3.58. The van der Waals surface area contributed by atoms with Crippen molar-refractivity contribution in [2.75, 3.05) is 6.61 Å². The number of carbonyl (C=O) groups excluding carboxylic acids is 6. The van der Waals surface area contributed by atoms with Gasteiger partial charge in [0.05, 0.1) is 39.8 Å². The maximum Gasteiger partial charge on any atom is 0.347 e. The fourth-order valence-electron chi connectivity index (χ4n) is 6.66. The first-order valence-electron chi connectivity index (χ1n) is 14.0. The van der Waals surface area contributed by atoms with Crippen molar-refractivity contribution in [3.8, 4) is 0 Å². The molecule has 0 spiro atoms. The maximum atomic E-state index is 13.4. The minimum absolute atomic E-state index is 0.0143. The van der Waals surface area contributed by atoms with Crippen molar-refractivity contribution >= 4 is 79.9 Å². The second kappa shape index (κ2) is 10.3. The number of esters is 5. The number of cyclic esters (lactones) is 2. The Balaban J connectivity index is 1.65. The molecule has 0 radical (unpaired) electrons. The Labute approximate surface area is 253 Å². The molecule has 0 N–H and O–H groups in total. The molecule has 0 amide bonds. The van der Waals surface area contributed by atoms with Crippen LogP contribution in [-0.2, 0) is 42.9 Å². The van der Waals surface area contributed by atoms with Crippen molar-refractivity contribution < 1.29 is 52.5 Å². The predicted molar refractivity (Wildman–Crippen MR) is 156 cm³/mol. The first-order valence-corrected chi connectivity index (χ1v) is 14.0. The molecule has 1 fully saturated rings. The minimum atomic E-state index is -1.37. The summed E-state index contributed by atoms with van der Waals surface area (Å²) in [5, 5.41) is 1.66. The second-order valence-corrected chi connectivity index (χ2v) is 10.8. The van der Waals surface area contributed by atoms with Crippen LogP contribution in [0.5, 0.6) is 0 Å². The Morgan fingerprint density at radius 1 is 0.756 bits per heavy atom. The molecule has 13 nitrogen and oxygen atoms in total. The zero-order chi connectivity index (χ0) is 31.7. The molecule has 5 aromatic rings. The number of fused-ring (bicyclic) bond motifs is 10. The number of hydrogen-bond acceptors (Lipinski definition) is 11. The van der Waals surface area contributed by atoms with Crippen LogP contribution in [0, 0.1) is 0 Å². The van der Waals surface area contributed by atoms with E-state index in [0.717, 1.165) is 0 Å². The van der Waals surface area contributed by atoms with Gasteiger partial charge >= 0.3 is 29.8 Å². The van der Waals surface area contributed by atoms with Crippen LogP contribution in [0.2, 0.25) is 0 Å². The fraction of sp³-hybridized carbons (Fsp3) is 0.250. The van der Waals surface area contributed by atoms with Crippen molar-refractivity contribution in [2.45, 2.75) is 45.3 Å². The van der Waals surface area contributed by atoms with Crippen molar-refractivity contribution in [2.24, 2.45) is 0 Å². The number of benzene rings is 3. The zero-order valence-corrected chi connectivity index (χ0v) is 24.1. The highest BCUT2D eigenvalue weighted by atomic mass is 16.6. The van der Waals surface area contributed by atoms with Gasteiger partial charge in [0.1, 0.15) is 0 Å². The van der Waals surface area contributed by atoms with E-state index >= 15 is 0 Å². The summed E-state index contributed by atoms with van der Waals surface area (Å²) in [4.78, 5) is 76.1. The van der Waals surface area contributed by atoms with E-state index < -0.39 is 54.4 Å². The molecule has 4 atom stereocenters. The van der Waals surface area contributed by atoms with Gasteiger partial charge in [0.2, 0.25) is 6.41 Å². The number of rotatable bonds is 5. The first-order chi connectivity index (χ1) is 21.6. The summed E-state index contributed by atoms with van der Waals surface area (Å²) in [7, 11) is 0. The number of para-hydroxylation sites is 2. The van der Waals surface area contributed by atoms with Crippen LogP contribution >= 0.6 is 0 Å². The van der Waals surface area contributed by atoms with Gasteiger partial charge in [-0.05, 0) is 12.1 Å². The van der Waals surface area contributed by atoms with E-state index in [1.165, 1.54) is 25.3 Å². The van der Waals surface area contributed by atoms with E-state index in [1.807, 2.05) is 0 Å². The monoisotopic (exact) mass is 612 g/mol. The average Bonchev–Trinajstić information content (AvgIpc) is 3.60. The molecule has 228 valence electrons. The van der Waals surface area contributed by atoms with Crippen LogP contribution in [0.15, 0.2) is 48.5 Å². The Morgan fingerprint density at radius 3 is 1.89 bits per heavy atom. The third-order valence-corrected chi connectivity index (χ3v) is 8.07. The van der Waals surface area contributed by atoms with Crippen molar-refractivity contribution in [1.29, 1.82) is 0 Å². The number of carbonyl (C=O) groups is 6. The highest BCUT2D eigenvalue weighted by Crippen LogP contribution is 2.47. The zero-order valence-electron chi connectivity index (χ0n) is 24.1. The quantitative estimate of drug-likeness (QED) is 0.124. The van der Waals surface area contributed by atoms with Crippen LogP contribution in [0.4, 0.5) is 0 Å². The van der Waals surface area contributed by atoms with E-state index in [4.69, 9.17) is 23.7 Å². The minimum Gasteiger partial charge on any atom is -0.456 e. The van der Waals surface area contributed by atoms with Crippen LogP contribution in [-0.4, -0.2) is 70.3 Å². The summed E-state index contributed by atoms with van der Waals surface area (Å²) in [6.45, 7) is 3.25. The third kappa shape index (κ3) is 4.11. The van der Waals surface area contributed by atoms with Gasteiger partial charge in [-0.25, -0.2) is 9.59 Å². The second-order valence-electron chi connectivity index (χ2n) is 10.8. The molecule has 2 aliphatic heterocycles. The lowest BCUT2D eigenvalue weighted by Gasteiger charge is -2.41. The van der Waals surface area contributed by atoms with Gasteiger partial charge in [0.15, 0.2) is 24.5 Å². The number of nitrogens with zero attached hydrogens (tertiary/aromatic N) is 2. The SMILES string of the molecule is CC(=O)O[C@@H]1[C@H](OC(C)=O)[C@H](OC(C)=O)CO[C@H]1n1c2ccccc2c2c3c(c4c5ccccc5n(C=O)c4c21)C(=O)OC3=O.